The van der Waals surface area contributed by atoms with E-state index < -0.39 is 18.0 Å². The number of carbonyl (C=O) groups is 2. The molecule has 0 aliphatic heterocycles. The maximum absolute atomic E-state index is 12.7. The van der Waals surface area contributed by atoms with E-state index in [2.05, 4.69) is 10.5 Å². The van der Waals surface area contributed by atoms with Crippen molar-refractivity contribution in [2.45, 2.75) is 33.5 Å². The summed E-state index contributed by atoms with van der Waals surface area (Å²) in [5, 5.41) is 6.97. The second kappa shape index (κ2) is 10.2. The number of benzene rings is 2. The third-order valence-corrected chi connectivity index (χ3v) is 4.97. The van der Waals surface area contributed by atoms with Crippen LogP contribution in [0.5, 0.6) is 11.5 Å². The molecule has 32 heavy (non-hydrogen) atoms. The summed E-state index contributed by atoms with van der Waals surface area (Å²) in [5.41, 5.74) is 2.08. The monoisotopic (exact) mass is 458 g/mol. The molecule has 3 rings (SSSR count). The summed E-state index contributed by atoms with van der Waals surface area (Å²) >= 11 is 5.99. The number of rotatable bonds is 8. The van der Waals surface area contributed by atoms with Crippen LogP contribution in [0.25, 0.3) is 0 Å². The standard InChI is InChI=1S/C23H23ClN2O6/c1-13-18(14(2)32-26-13)12-30-20-8-6-5-7-17(20)23(28)31-15(3)22(27)25-19-11-16(24)9-10-21(19)29-4/h5-11,15H,12H2,1-4H3,(H,25,27). The van der Waals surface area contributed by atoms with Gasteiger partial charge in [0.25, 0.3) is 5.91 Å². The molecule has 0 saturated carbocycles. The van der Waals surface area contributed by atoms with E-state index in [9.17, 15) is 9.59 Å². The molecular formula is C23H23ClN2O6. The maximum atomic E-state index is 12.7. The molecule has 1 atom stereocenters. The molecule has 0 aliphatic carbocycles. The van der Waals surface area contributed by atoms with Crippen LogP contribution in [0.3, 0.4) is 0 Å². The Morgan fingerprint density at radius 1 is 1.16 bits per heavy atom. The number of aryl methyl sites for hydroxylation is 2. The highest BCUT2D eigenvalue weighted by Crippen LogP contribution is 2.28. The van der Waals surface area contributed by atoms with E-state index in [1.807, 2.05) is 6.92 Å². The lowest BCUT2D eigenvalue weighted by Crippen LogP contribution is -2.30. The normalized spacial score (nSPS) is 11.5. The van der Waals surface area contributed by atoms with Gasteiger partial charge in [0.15, 0.2) is 6.10 Å². The Morgan fingerprint density at radius 3 is 2.59 bits per heavy atom. The number of ether oxygens (including phenoxy) is 3. The molecule has 1 amide bonds. The summed E-state index contributed by atoms with van der Waals surface area (Å²) in [5.74, 6) is 0.165. The molecule has 168 valence electrons. The first-order chi connectivity index (χ1) is 15.3. The van der Waals surface area contributed by atoms with Crippen molar-refractivity contribution in [2.75, 3.05) is 12.4 Å². The van der Waals surface area contributed by atoms with Crippen LogP contribution < -0.4 is 14.8 Å². The van der Waals surface area contributed by atoms with Gasteiger partial charge < -0.3 is 24.1 Å². The Hall–Kier alpha value is -3.52. The van der Waals surface area contributed by atoms with E-state index in [0.29, 0.717) is 33.7 Å². The number of nitrogens with zero attached hydrogens (tertiary/aromatic N) is 1. The van der Waals surface area contributed by atoms with Gasteiger partial charge in [0.1, 0.15) is 29.4 Å². The quantitative estimate of drug-likeness (QED) is 0.487. The SMILES string of the molecule is COc1ccc(Cl)cc1NC(=O)C(C)OC(=O)c1ccccc1OCc1c(C)noc1C. The van der Waals surface area contributed by atoms with Gasteiger partial charge in [-0.25, -0.2) is 4.79 Å². The first-order valence-electron chi connectivity index (χ1n) is 9.79. The van der Waals surface area contributed by atoms with E-state index in [1.165, 1.54) is 14.0 Å². The van der Waals surface area contributed by atoms with Crippen molar-refractivity contribution in [3.8, 4) is 11.5 Å². The van der Waals surface area contributed by atoms with Gasteiger partial charge in [-0.3, -0.25) is 4.79 Å². The van der Waals surface area contributed by atoms with Crippen LogP contribution in [-0.2, 0) is 16.1 Å². The van der Waals surface area contributed by atoms with Crippen molar-refractivity contribution in [1.82, 2.24) is 5.16 Å². The average Bonchev–Trinajstić information content (AvgIpc) is 3.09. The molecule has 0 bridgehead atoms. The fraction of sp³-hybridized carbons (Fsp3) is 0.261. The minimum absolute atomic E-state index is 0.177. The summed E-state index contributed by atoms with van der Waals surface area (Å²) in [6.07, 6.45) is -1.08. The fourth-order valence-electron chi connectivity index (χ4n) is 2.91. The molecule has 9 heteroatoms. The van der Waals surface area contributed by atoms with Crippen molar-refractivity contribution in [1.29, 1.82) is 0 Å². The van der Waals surface area contributed by atoms with Crippen molar-refractivity contribution in [3.63, 3.8) is 0 Å². The van der Waals surface area contributed by atoms with Crippen LogP contribution >= 0.6 is 11.6 Å². The topological polar surface area (TPSA) is 99.9 Å². The third-order valence-electron chi connectivity index (χ3n) is 4.73. The second-order valence-electron chi connectivity index (χ2n) is 6.97. The Balaban J connectivity index is 1.68. The minimum atomic E-state index is -1.08. The second-order valence-corrected chi connectivity index (χ2v) is 7.41. The van der Waals surface area contributed by atoms with Crippen LogP contribution in [0.15, 0.2) is 47.0 Å². The predicted octanol–water partition coefficient (Wildman–Crippen LogP) is 4.72. The van der Waals surface area contributed by atoms with Gasteiger partial charge in [-0.1, -0.05) is 28.9 Å². The van der Waals surface area contributed by atoms with Gasteiger partial charge in [-0.05, 0) is 51.1 Å². The lowest BCUT2D eigenvalue weighted by atomic mass is 10.2. The summed E-state index contributed by atoms with van der Waals surface area (Å²) in [7, 11) is 1.47. The van der Waals surface area contributed by atoms with Gasteiger partial charge in [0, 0.05) is 5.02 Å². The van der Waals surface area contributed by atoms with Crippen LogP contribution in [0.2, 0.25) is 5.02 Å². The molecule has 0 fully saturated rings. The largest absolute Gasteiger partial charge is 0.495 e. The van der Waals surface area contributed by atoms with Crippen molar-refractivity contribution < 1.29 is 28.3 Å². The summed E-state index contributed by atoms with van der Waals surface area (Å²) in [6, 6.07) is 11.4. The van der Waals surface area contributed by atoms with Gasteiger partial charge in [-0.15, -0.1) is 0 Å². The molecule has 0 spiro atoms. The number of amides is 1. The van der Waals surface area contributed by atoms with E-state index in [4.69, 9.17) is 30.3 Å². The fourth-order valence-corrected chi connectivity index (χ4v) is 3.08. The van der Waals surface area contributed by atoms with E-state index in [0.717, 1.165) is 5.56 Å². The molecule has 1 N–H and O–H groups in total. The molecule has 0 saturated heterocycles. The zero-order chi connectivity index (χ0) is 23.3. The van der Waals surface area contributed by atoms with Crippen LogP contribution in [0, 0.1) is 13.8 Å². The third kappa shape index (κ3) is 5.39. The molecule has 1 aromatic heterocycles. The zero-order valence-electron chi connectivity index (χ0n) is 18.1. The molecule has 8 nitrogen and oxygen atoms in total. The molecule has 0 aliphatic rings. The van der Waals surface area contributed by atoms with Crippen LogP contribution in [0.1, 0.15) is 34.3 Å². The lowest BCUT2D eigenvalue weighted by molar-refractivity contribution is -0.123. The number of anilines is 1. The number of methoxy groups -OCH3 is 1. The van der Waals surface area contributed by atoms with Crippen molar-refractivity contribution >= 4 is 29.2 Å². The molecule has 2 aromatic carbocycles. The lowest BCUT2D eigenvalue weighted by Gasteiger charge is -2.16. The van der Waals surface area contributed by atoms with Gasteiger partial charge >= 0.3 is 5.97 Å². The summed E-state index contributed by atoms with van der Waals surface area (Å²) in [6.45, 7) is 5.24. The number of hydrogen-bond acceptors (Lipinski definition) is 7. The van der Waals surface area contributed by atoms with Crippen molar-refractivity contribution in [3.05, 3.63) is 70.1 Å². The molecule has 1 heterocycles. The highest BCUT2D eigenvalue weighted by Gasteiger charge is 2.23. The number of hydrogen-bond donors (Lipinski definition) is 1. The molecular weight excluding hydrogens is 436 g/mol. The van der Waals surface area contributed by atoms with Gasteiger partial charge in [0.05, 0.1) is 24.1 Å². The van der Waals surface area contributed by atoms with E-state index in [-0.39, 0.29) is 12.2 Å². The number of halogens is 1. The number of para-hydroxylation sites is 1. The highest BCUT2D eigenvalue weighted by molar-refractivity contribution is 6.31. The Bertz CT molecular complexity index is 1110. The summed E-state index contributed by atoms with van der Waals surface area (Å²) in [4.78, 5) is 25.3. The molecule has 3 aromatic rings. The van der Waals surface area contributed by atoms with Crippen LogP contribution in [-0.4, -0.2) is 30.2 Å². The average molecular weight is 459 g/mol. The molecule has 0 radical (unpaired) electrons. The van der Waals surface area contributed by atoms with E-state index in [1.54, 1.807) is 49.4 Å². The van der Waals surface area contributed by atoms with E-state index >= 15 is 0 Å². The maximum Gasteiger partial charge on any atom is 0.342 e. The van der Waals surface area contributed by atoms with Gasteiger partial charge in [0.2, 0.25) is 0 Å². The zero-order valence-corrected chi connectivity index (χ0v) is 18.9. The minimum Gasteiger partial charge on any atom is -0.495 e. The highest BCUT2D eigenvalue weighted by atomic mass is 35.5. The first kappa shape index (κ1) is 23.1. The number of nitrogens with one attached hydrogen (secondary N) is 1. The number of esters is 1. The summed E-state index contributed by atoms with van der Waals surface area (Å²) < 4.78 is 21.5. The Labute approximate surface area is 190 Å². The molecule has 1 unspecified atom stereocenters. The van der Waals surface area contributed by atoms with Crippen LogP contribution in [0.4, 0.5) is 5.69 Å². The Morgan fingerprint density at radius 2 is 1.91 bits per heavy atom. The van der Waals surface area contributed by atoms with Crippen molar-refractivity contribution in [2.24, 2.45) is 0 Å². The Kier molecular flexibility index (Phi) is 7.37. The first-order valence-corrected chi connectivity index (χ1v) is 10.2. The predicted molar refractivity (Wildman–Crippen MR) is 118 cm³/mol. The van der Waals surface area contributed by atoms with Gasteiger partial charge in [-0.2, -0.15) is 0 Å². The number of aromatic nitrogens is 1. The smallest absolute Gasteiger partial charge is 0.342 e. The number of carbonyl (C=O) groups excluding carboxylic acids is 2.